The quantitative estimate of drug-likeness (QED) is 0.435. The third kappa shape index (κ3) is 4.87. The molecule has 7 nitrogen and oxygen atoms in total. The molecular weight excluding hydrogens is 278 g/mol. The minimum absolute atomic E-state index is 0.0953. The van der Waals surface area contributed by atoms with Crippen LogP contribution in [0, 0.1) is 10.1 Å². The average molecular weight is 295 g/mol. The molecule has 0 atom stereocenters. The van der Waals surface area contributed by atoms with E-state index in [9.17, 15) is 19.7 Å². The molecule has 114 valence electrons. The van der Waals surface area contributed by atoms with E-state index in [4.69, 9.17) is 9.47 Å². The van der Waals surface area contributed by atoms with Gasteiger partial charge < -0.3 is 9.47 Å². The third-order valence-electron chi connectivity index (χ3n) is 2.70. The molecule has 0 amide bonds. The summed E-state index contributed by atoms with van der Waals surface area (Å²) in [6.07, 6.45) is 0.350. The van der Waals surface area contributed by atoms with Gasteiger partial charge in [0, 0.05) is 18.6 Å². The van der Waals surface area contributed by atoms with Gasteiger partial charge in [-0.1, -0.05) is 6.07 Å². The smallest absolute Gasteiger partial charge is 0.338 e. The van der Waals surface area contributed by atoms with Crippen molar-refractivity contribution in [3.63, 3.8) is 0 Å². The second-order valence-electron chi connectivity index (χ2n) is 4.12. The summed E-state index contributed by atoms with van der Waals surface area (Å²) >= 11 is 0. The first-order valence-corrected chi connectivity index (χ1v) is 6.59. The summed E-state index contributed by atoms with van der Waals surface area (Å²) in [6, 6.07) is 3.92. The summed E-state index contributed by atoms with van der Waals surface area (Å²) in [5.41, 5.74) is 0.431. The maximum absolute atomic E-state index is 11.8. The van der Waals surface area contributed by atoms with Crippen LogP contribution < -0.4 is 0 Å². The van der Waals surface area contributed by atoms with E-state index in [-0.39, 0.29) is 43.3 Å². The van der Waals surface area contributed by atoms with Gasteiger partial charge in [-0.25, -0.2) is 4.79 Å². The number of nitro benzene ring substituents is 1. The highest BCUT2D eigenvalue weighted by molar-refractivity contribution is 5.92. The topological polar surface area (TPSA) is 95.7 Å². The zero-order chi connectivity index (χ0) is 15.8. The highest BCUT2D eigenvalue weighted by Crippen LogP contribution is 2.20. The second-order valence-corrected chi connectivity index (χ2v) is 4.12. The molecule has 1 aromatic carbocycles. The number of benzene rings is 1. The van der Waals surface area contributed by atoms with Gasteiger partial charge in [0.25, 0.3) is 5.69 Å². The first-order chi connectivity index (χ1) is 9.99. The predicted octanol–water partition coefficient (Wildman–Crippen LogP) is 2.27. The third-order valence-corrected chi connectivity index (χ3v) is 2.70. The van der Waals surface area contributed by atoms with Crippen LogP contribution in [-0.2, 0) is 20.7 Å². The lowest BCUT2D eigenvalue weighted by Gasteiger charge is -2.08. The van der Waals surface area contributed by atoms with Gasteiger partial charge in [-0.05, 0) is 25.8 Å². The van der Waals surface area contributed by atoms with Crippen molar-refractivity contribution in [1.82, 2.24) is 0 Å². The van der Waals surface area contributed by atoms with Crippen LogP contribution in [0.5, 0.6) is 0 Å². The summed E-state index contributed by atoms with van der Waals surface area (Å²) < 4.78 is 9.69. The molecule has 0 bridgehead atoms. The zero-order valence-electron chi connectivity index (χ0n) is 12.0. The lowest BCUT2D eigenvalue weighted by Crippen LogP contribution is -2.11. The van der Waals surface area contributed by atoms with E-state index in [1.54, 1.807) is 13.8 Å². The molecule has 1 aromatic rings. The van der Waals surface area contributed by atoms with Crippen LogP contribution >= 0.6 is 0 Å². The normalized spacial score (nSPS) is 10.0. The SMILES string of the molecule is CCOC(=O)CCc1ccc([N+](=O)[O-])cc1C(=O)OCC. The Morgan fingerprint density at radius 1 is 1.19 bits per heavy atom. The van der Waals surface area contributed by atoms with Crippen LogP contribution in [0.2, 0.25) is 0 Å². The molecule has 7 heteroatoms. The van der Waals surface area contributed by atoms with E-state index in [1.165, 1.54) is 18.2 Å². The second kappa shape index (κ2) is 7.98. The van der Waals surface area contributed by atoms with Gasteiger partial charge in [0.1, 0.15) is 0 Å². The van der Waals surface area contributed by atoms with E-state index in [1.807, 2.05) is 0 Å². The molecular formula is C14H17NO6. The van der Waals surface area contributed by atoms with Gasteiger partial charge in [-0.2, -0.15) is 0 Å². The first kappa shape index (κ1) is 16.6. The van der Waals surface area contributed by atoms with Crippen LogP contribution in [0.3, 0.4) is 0 Å². The zero-order valence-corrected chi connectivity index (χ0v) is 12.0. The Hall–Kier alpha value is -2.44. The van der Waals surface area contributed by atoms with Crippen LogP contribution in [0.25, 0.3) is 0 Å². The highest BCUT2D eigenvalue weighted by atomic mass is 16.6. The molecule has 0 aliphatic carbocycles. The Labute approximate surface area is 122 Å². The summed E-state index contributed by atoms with van der Waals surface area (Å²) in [5.74, 6) is -1.02. The van der Waals surface area contributed by atoms with E-state index in [2.05, 4.69) is 0 Å². The van der Waals surface area contributed by atoms with Crippen molar-refractivity contribution in [3.8, 4) is 0 Å². The predicted molar refractivity (Wildman–Crippen MR) is 74.0 cm³/mol. The van der Waals surface area contributed by atoms with Crippen molar-refractivity contribution in [2.24, 2.45) is 0 Å². The number of nitro groups is 1. The molecule has 1 rings (SSSR count). The van der Waals surface area contributed by atoms with E-state index in [0.29, 0.717) is 5.56 Å². The van der Waals surface area contributed by atoms with Crippen molar-refractivity contribution in [3.05, 3.63) is 39.4 Å². The van der Waals surface area contributed by atoms with Gasteiger partial charge in [0.15, 0.2) is 0 Å². The number of hydrogen-bond donors (Lipinski definition) is 0. The molecule has 0 unspecified atom stereocenters. The maximum Gasteiger partial charge on any atom is 0.338 e. The summed E-state index contributed by atoms with van der Waals surface area (Å²) in [5, 5.41) is 10.8. The Morgan fingerprint density at radius 3 is 2.43 bits per heavy atom. The molecule has 0 saturated carbocycles. The van der Waals surface area contributed by atoms with Crippen LogP contribution in [-0.4, -0.2) is 30.1 Å². The number of ether oxygens (including phenoxy) is 2. The van der Waals surface area contributed by atoms with Gasteiger partial charge in [0.05, 0.1) is 23.7 Å². The number of nitrogens with zero attached hydrogens (tertiary/aromatic N) is 1. The van der Waals surface area contributed by atoms with E-state index < -0.39 is 10.9 Å². The van der Waals surface area contributed by atoms with Crippen molar-refractivity contribution < 1.29 is 24.0 Å². The number of esters is 2. The highest BCUT2D eigenvalue weighted by Gasteiger charge is 2.18. The first-order valence-electron chi connectivity index (χ1n) is 6.59. The lowest BCUT2D eigenvalue weighted by molar-refractivity contribution is -0.384. The summed E-state index contributed by atoms with van der Waals surface area (Å²) in [4.78, 5) is 33.4. The number of carbonyl (C=O) groups excluding carboxylic acids is 2. The number of hydrogen-bond acceptors (Lipinski definition) is 6. The van der Waals surface area contributed by atoms with E-state index in [0.717, 1.165) is 0 Å². The molecule has 0 spiro atoms. The van der Waals surface area contributed by atoms with Crippen molar-refractivity contribution in [2.75, 3.05) is 13.2 Å². The molecule has 0 radical (unpaired) electrons. The number of non-ortho nitro benzene ring substituents is 1. The number of aryl methyl sites for hydroxylation is 1. The Kier molecular flexibility index (Phi) is 6.32. The van der Waals surface area contributed by atoms with Crippen LogP contribution in [0.4, 0.5) is 5.69 Å². The molecule has 0 N–H and O–H groups in total. The number of rotatable bonds is 7. The molecule has 0 aliphatic heterocycles. The molecule has 0 fully saturated rings. The number of carbonyl (C=O) groups is 2. The van der Waals surface area contributed by atoms with Crippen molar-refractivity contribution in [2.45, 2.75) is 26.7 Å². The fourth-order valence-corrected chi connectivity index (χ4v) is 1.76. The van der Waals surface area contributed by atoms with Gasteiger partial charge in [-0.3, -0.25) is 14.9 Å². The largest absolute Gasteiger partial charge is 0.466 e. The fourth-order valence-electron chi connectivity index (χ4n) is 1.76. The maximum atomic E-state index is 11.8. The standard InChI is InChI=1S/C14H17NO6/c1-3-20-13(16)8-6-10-5-7-11(15(18)19)9-12(10)14(17)21-4-2/h5,7,9H,3-4,6,8H2,1-2H3. The molecule has 0 aromatic heterocycles. The van der Waals surface area contributed by atoms with Crippen LogP contribution in [0.1, 0.15) is 36.2 Å². The summed E-state index contributed by atoms with van der Waals surface area (Å²) in [7, 11) is 0. The monoisotopic (exact) mass is 295 g/mol. The average Bonchev–Trinajstić information content (AvgIpc) is 2.45. The van der Waals surface area contributed by atoms with E-state index >= 15 is 0 Å². The minimum atomic E-state index is -0.639. The minimum Gasteiger partial charge on any atom is -0.466 e. The van der Waals surface area contributed by atoms with Gasteiger partial charge in [0.2, 0.25) is 0 Å². The molecule has 0 saturated heterocycles. The van der Waals surface area contributed by atoms with Gasteiger partial charge >= 0.3 is 11.9 Å². The van der Waals surface area contributed by atoms with Crippen molar-refractivity contribution in [1.29, 1.82) is 0 Å². The molecule has 0 aliphatic rings. The van der Waals surface area contributed by atoms with Crippen LogP contribution in [0.15, 0.2) is 18.2 Å². The Balaban J connectivity index is 2.98. The lowest BCUT2D eigenvalue weighted by atomic mass is 10.0. The van der Waals surface area contributed by atoms with Gasteiger partial charge in [-0.15, -0.1) is 0 Å². The molecule has 0 heterocycles. The molecule has 21 heavy (non-hydrogen) atoms. The fraction of sp³-hybridized carbons (Fsp3) is 0.429. The Bertz CT molecular complexity index is 540. The van der Waals surface area contributed by atoms with Crippen molar-refractivity contribution >= 4 is 17.6 Å². The summed E-state index contributed by atoms with van der Waals surface area (Å²) in [6.45, 7) is 3.80. The Morgan fingerprint density at radius 2 is 1.86 bits per heavy atom.